The number of halogens is 1. The Kier molecular flexibility index (Phi) is 4.16. The van der Waals surface area contributed by atoms with Gasteiger partial charge in [-0.05, 0) is 34.8 Å². The predicted octanol–water partition coefficient (Wildman–Crippen LogP) is 1.95. The SMILES string of the molecule is O=C(c1cccc([N+](=O)[O-])c1Br)N1CCCC1CO. The summed E-state index contributed by atoms with van der Waals surface area (Å²) in [5.41, 5.74) is 0.125. The van der Waals surface area contributed by atoms with Crippen LogP contribution in [0.25, 0.3) is 0 Å². The predicted molar refractivity (Wildman–Crippen MR) is 71.9 cm³/mol. The molecular formula is C12H13BrN2O4. The molecule has 1 saturated heterocycles. The van der Waals surface area contributed by atoms with E-state index in [1.54, 1.807) is 11.0 Å². The topological polar surface area (TPSA) is 83.7 Å². The van der Waals surface area contributed by atoms with Crippen molar-refractivity contribution >= 4 is 27.5 Å². The van der Waals surface area contributed by atoms with E-state index in [9.17, 15) is 20.0 Å². The van der Waals surface area contributed by atoms with Crippen molar-refractivity contribution in [3.8, 4) is 0 Å². The molecule has 7 heteroatoms. The van der Waals surface area contributed by atoms with E-state index < -0.39 is 4.92 Å². The van der Waals surface area contributed by atoms with Gasteiger partial charge in [-0.3, -0.25) is 14.9 Å². The lowest BCUT2D eigenvalue weighted by Crippen LogP contribution is -2.37. The molecule has 1 unspecified atom stereocenters. The molecule has 1 amide bonds. The van der Waals surface area contributed by atoms with Crippen LogP contribution < -0.4 is 0 Å². The molecule has 0 spiro atoms. The monoisotopic (exact) mass is 328 g/mol. The molecule has 0 radical (unpaired) electrons. The van der Waals surface area contributed by atoms with E-state index >= 15 is 0 Å². The van der Waals surface area contributed by atoms with Crippen molar-refractivity contribution in [1.29, 1.82) is 0 Å². The summed E-state index contributed by atoms with van der Waals surface area (Å²) in [6, 6.07) is 4.18. The third-order valence-corrected chi connectivity index (χ3v) is 4.09. The average Bonchev–Trinajstić information content (AvgIpc) is 2.86. The maximum Gasteiger partial charge on any atom is 0.284 e. The van der Waals surface area contributed by atoms with Crippen molar-refractivity contribution < 1.29 is 14.8 Å². The van der Waals surface area contributed by atoms with E-state index in [1.807, 2.05) is 0 Å². The highest BCUT2D eigenvalue weighted by Crippen LogP contribution is 2.30. The number of carbonyl (C=O) groups is 1. The first kappa shape index (κ1) is 14.0. The molecule has 0 bridgehead atoms. The lowest BCUT2D eigenvalue weighted by atomic mass is 10.1. The Morgan fingerprint density at radius 3 is 2.95 bits per heavy atom. The normalized spacial score (nSPS) is 18.6. The van der Waals surface area contributed by atoms with Crippen molar-refractivity contribution in [2.45, 2.75) is 18.9 Å². The molecule has 19 heavy (non-hydrogen) atoms. The van der Waals surface area contributed by atoms with Crippen LogP contribution >= 0.6 is 15.9 Å². The van der Waals surface area contributed by atoms with Crippen LogP contribution in [-0.2, 0) is 0 Å². The second-order valence-corrected chi connectivity index (χ2v) is 5.17. The van der Waals surface area contributed by atoms with Crippen LogP contribution in [0.1, 0.15) is 23.2 Å². The van der Waals surface area contributed by atoms with Gasteiger partial charge in [0.2, 0.25) is 0 Å². The number of likely N-dealkylation sites (tertiary alicyclic amines) is 1. The summed E-state index contributed by atoms with van der Waals surface area (Å²) < 4.78 is 0.189. The number of carbonyl (C=O) groups excluding carboxylic acids is 1. The van der Waals surface area contributed by atoms with Gasteiger partial charge in [0.25, 0.3) is 11.6 Å². The van der Waals surface area contributed by atoms with Gasteiger partial charge in [-0.2, -0.15) is 0 Å². The third kappa shape index (κ3) is 2.62. The maximum absolute atomic E-state index is 12.4. The Hall–Kier alpha value is -1.47. The van der Waals surface area contributed by atoms with Gasteiger partial charge in [-0.1, -0.05) is 6.07 Å². The van der Waals surface area contributed by atoms with Crippen LogP contribution in [0.5, 0.6) is 0 Å². The zero-order valence-electron chi connectivity index (χ0n) is 10.1. The van der Waals surface area contributed by atoms with E-state index in [4.69, 9.17) is 0 Å². The van der Waals surface area contributed by atoms with Gasteiger partial charge in [0.05, 0.1) is 23.1 Å². The third-order valence-electron chi connectivity index (χ3n) is 3.25. The Balaban J connectivity index is 2.34. The molecule has 0 saturated carbocycles. The molecule has 6 nitrogen and oxygen atoms in total. The summed E-state index contributed by atoms with van der Waals surface area (Å²) in [6.07, 6.45) is 1.60. The molecule has 1 aliphatic rings. The number of aliphatic hydroxyl groups excluding tert-OH is 1. The van der Waals surface area contributed by atoms with E-state index in [0.717, 1.165) is 12.8 Å². The zero-order chi connectivity index (χ0) is 14.0. The molecule has 0 aliphatic carbocycles. The molecule has 1 aromatic carbocycles. The first-order chi connectivity index (χ1) is 9.06. The van der Waals surface area contributed by atoms with Gasteiger partial charge >= 0.3 is 0 Å². The Bertz CT molecular complexity index is 520. The molecule has 1 atom stereocenters. The number of rotatable bonds is 3. The van der Waals surface area contributed by atoms with Gasteiger partial charge in [0, 0.05) is 12.6 Å². The van der Waals surface area contributed by atoms with E-state index in [-0.39, 0.29) is 34.3 Å². The van der Waals surface area contributed by atoms with Crippen LogP contribution in [0.4, 0.5) is 5.69 Å². The Morgan fingerprint density at radius 1 is 1.58 bits per heavy atom. The van der Waals surface area contributed by atoms with Crippen LogP contribution in [0.2, 0.25) is 0 Å². The van der Waals surface area contributed by atoms with Gasteiger partial charge in [0.15, 0.2) is 0 Å². The minimum Gasteiger partial charge on any atom is -0.394 e. The van der Waals surface area contributed by atoms with Gasteiger partial charge in [-0.15, -0.1) is 0 Å². The molecular weight excluding hydrogens is 316 g/mol. The van der Waals surface area contributed by atoms with Crippen molar-refractivity contribution in [3.05, 3.63) is 38.3 Å². The highest BCUT2D eigenvalue weighted by Gasteiger charge is 2.31. The highest BCUT2D eigenvalue weighted by atomic mass is 79.9. The van der Waals surface area contributed by atoms with E-state index in [1.165, 1.54) is 12.1 Å². The summed E-state index contributed by atoms with van der Waals surface area (Å²) in [6.45, 7) is 0.484. The van der Waals surface area contributed by atoms with Crippen LogP contribution in [0, 0.1) is 10.1 Å². The maximum atomic E-state index is 12.4. The van der Waals surface area contributed by atoms with E-state index in [2.05, 4.69) is 15.9 Å². The number of aliphatic hydroxyl groups is 1. The summed E-state index contributed by atoms with van der Waals surface area (Å²) in [4.78, 5) is 24.3. The summed E-state index contributed by atoms with van der Waals surface area (Å²) >= 11 is 3.12. The number of hydrogen-bond donors (Lipinski definition) is 1. The number of amides is 1. The van der Waals surface area contributed by atoms with Crippen LogP contribution in [0.3, 0.4) is 0 Å². The first-order valence-electron chi connectivity index (χ1n) is 5.91. The minimum absolute atomic E-state index is 0.0850. The fraction of sp³-hybridized carbons (Fsp3) is 0.417. The molecule has 2 rings (SSSR count). The number of nitrogens with zero attached hydrogens (tertiary/aromatic N) is 2. The second-order valence-electron chi connectivity index (χ2n) is 4.37. The lowest BCUT2D eigenvalue weighted by molar-refractivity contribution is -0.385. The molecule has 1 aliphatic heterocycles. The van der Waals surface area contributed by atoms with Gasteiger partial charge in [0.1, 0.15) is 4.47 Å². The lowest BCUT2D eigenvalue weighted by Gasteiger charge is -2.23. The fourth-order valence-corrected chi connectivity index (χ4v) is 2.85. The van der Waals surface area contributed by atoms with Crippen LogP contribution in [-0.4, -0.2) is 40.0 Å². The largest absolute Gasteiger partial charge is 0.394 e. The molecule has 1 heterocycles. The number of hydrogen-bond acceptors (Lipinski definition) is 4. The molecule has 1 aromatic rings. The molecule has 1 fully saturated rings. The number of benzene rings is 1. The second kappa shape index (κ2) is 5.66. The van der Waals surface area contributed by atoms with Crippen LogP contribution in [0.15, 0.2) is 22.7 Å². The van der Waals surface area contributed by atoms with Crippen molar-refractivity contribution in [2.24, 2.45) is 0 Å². The Morgan fingerprint density at radius 2 is 2.32 bits per heavy atom. The van der Waals surface area contributed by atoms with Crippen molar-refractivity contribution in [3.63, 3.8) is 0 Å². The smallest absolute Gasteiger partial charge is 0.284 e. The number of nitro benzene ring substituents is 1. The summed E-state index contributed by atoms with van der Waals surface area (Å²) in [5, 5.41) is 20.1. The van der Waals surface area contributed by atoms with Gasteiger partial charge in [-0.25, -0.2) is 0 Å². The zero-order valence-corrected chi connectivity index (χ0v) is 11.7. The van der Waals surface area contributed by atoms with Gasteiger partial charge < -0.3 is 10.0 Å². The van der Waals surface area contributed by atoms with Crippen molar-refractivity contribution in [2.75, 3.05) is 13.2 Å². The van der Waals surface area contributed by atoms with E-state index in [0.29, 0.717) is 6.54 Å². The first-order valence-corrected chi connectivity index (χ1v) is 6.70. The Labute approximate surface area is 118 Å². The fourth-order valence-electron chi connectivity index (χ4n) is 2.27. The number of nitro groups is 1. The molecule has 102 valence electrons. The molecule has 0 aromatic heterocycles. The molecule has 1 N–H and O–H groups in total. The van der Waals surface area contributed by atoms with Crippen molar-refractivity contribution in [1.82, 2.24) is 4.90 Å². The average molecular weight is 329 g/mol. The summed E-state index contributed by atoms with van der Waals surface area (Å²) in [7, 11) is 0. The standard InChI is InChI=1S/C12H13BrN2O4/c13-11-9(4-1-5-10(11)15(18)19)12(17)14-6-2-3-8(14)7-16/h1,4-5,8,16H,2-3,6-7H2. The quantitative estimate of drug-likeness (QED) is 0.679. The minimum atomic E-state index is -0.533. The summed E-state index contributed by atoms with van der Waals surface area (Å²) in [5.74, 6) is -0.285. The highest BCUT2D eigenvalue weighted by molar-refractivity contribution is 9.10.